The lowest BCUT2D eigenvalue weighted by molar-refractivity contribution is -0.121. The second-order valence-electron chi connectivity index (χ2n) is 7.38. The number of carbonyl (C=O) groups is 1. The van der Waals surface area contributed by atoms with Gasteiger partial charge in [-0.05, 0) is 37.1 Å². The van der Waals surface area contributed by atoms with Crippen LogP contribution in [-0.4, -0.2) is 35.1 Å². The summed E-state index contributed by atoms with van der Waals surface area (Å²) in [4.78, 5) is 16.8. The molecule has 0 saturated heterocycles. The highest BCUT2D eigenvalue weighted by atomic mass is 35.5. The maximum atomic E-state index is 12.3. The predicted molar refractivity (Wildman–Crippen MR) is 118 cm³/mol. The second kappa shape index (κ2) is 7.96. The van der Waals surface area contributed by atoms with Crippen LogP contribution in [0.2, 0.25) is 5.02 Å². The third-order valence-corrected chi connectivity index (χ3v) is 5.61. The van der Waals surface area contributed by atoms with Gasteiger partial charge in [-0.1, -0.05) is 41.9 Å². The van der Waals surface area contributed by atoms with E-state index in [1.807, 2.05) is 59.9 Å². The maximum Gasteiger partial charge on any atom is 0.258 e. The standard InChI is InChI=1S/C22H20ClN7O/c1-14-25-21-16-8-3-5-10-18(16)29-19(26-27-22(29)30(21)28-14)11-6-12-20(31)24-13-15-7-2-4-9-17(15)23/h2-5,7-10H,6,11-13H2,1H3,(H,24,31). The first kappa shape index (κ1) is 19.4. The fourth-order valence-corrected chi connectivity index (χ4v) is 3.97. The normalized spacial score (nSPS) is 11.5. The van der Waals surface area contributed by atoms with Crippen molar-refractivity contribution >= 4 is 39.8 Å². The molecule has 0 fully saturated rings. The average molecular weight is 434 g/mol. The van der Waals surface area contributed by atoms with Gasteiger partial charge in [-0.3, -0.25) is 9.20 Å². The summed E-state index contributed by atoms with van der Waals surface area (Å²) in [5, 5.41) is 17.8. The van der Waals surface area contributed by atoms with E-state index in [2.05, 4.69) is 25.6 Å². The number of benzene rings is 2. The van der Waals surface area contributed by atoms with Crippen LogP contribution in [0.25, 0.3) is 22.3 Å². The summed E-state index contributed by atoms with van der Waals surface area (Å²) in [6.07, 6.45) is 1.66. The molecule has 0 aliphatic carbocycles. The Morgan fingerprint density at radius 2 is 1.90 bits per heavy atom. The van der Waals surface area contributed by atoms with E-state index in [0.717, 1.165) is 27.9 Å². The third kappa shape index (κ3) is 3.59. The zero-order chi connectivity index (χ0) is 21.4. The van der Waals surface area contributed by atoms with E-state index in [4.69, 9.17) is 11.6 Å². The molecule has 0 spiro atoms. The molecule has 8 nitrogen and oxygen atoms in total. The Morgan fingerprint density at radius 1 is 1.10 bits per heavy atom. The molecule has 0 saturated carbocycles. The zero-order valence-electron chi connectivity index (χ0n) is 16.9. The lowest BCUT2D eigenvalue weighted by atomic mass is 10.2. The lowest BCUT2D eigenvalue weighted by Crippen LogP contribution is -2.22. The van der Waals surface area contributed by atoms with Gasteiger partial charge in [0, 0.05) is 29.8 Å². The minimum Gasteiger partial charge on any atom is -0.352 e. The fraction of sp³-hybridized carbons (Fsp3) is 0.227. The molecule has 2 aromatic carbocycles. The van der Waals surface area contributed by atoms with Gasteiger partial charge in [0.05, 0.1) is 5.52 Å². The molecule has 5 rings (SSSR count). The van der Waals surface area contributed by atoms with Crippen molar-refractivity contribution in [1.82, 2.24) is 34.5 Å². The van der Waals surface area contributed by atoms with Gasteiger partial charge in [-0.25, -0.2) is 4.98 Å². The highest BCUT2D eigenvalue weighted by Crippen LogP contribution is 2.22. The molecule has 5 aromatic rings. The SMILES string of the molecule is Cc1nc2c3ccccc3n3c(CCCC(=O)NCc4ccccc4Cl)nnc3n2n1. The van der Waals surface area contributed by atoms with Crippen molar-refractivity contribution in [2.75, 3.05) is 0 Å². The summed E-state index contributed by atoms with van der Waals surface area (Å²) in [7, 11) is 0. The van der Waals surface area contributed by atoms with Crippen molar-refractivity contribution in [3.8, 4) is 0 Å². The molecule has 0 aliphatic heterocycles. The number of hydrogen-bond acceptors (Lipinski definition) is 5. The van der Waals surface area contributed by atoms with Gasteiger partial charge in [0.1, 0.15) is 11.6 Å². The Balaban J connectivity index is 1.34. The topological polar surface area (TPSA) is 89.5 Å². The van der Waals surface area contributed by atoms with Crippen molar-refractivity contribution in [2.24, 2.45) is 0 Å². The number of halogens is 1. The number of carbonyl (C=O) groups excluding carboxylic acids is 1. The third-order valence-electron chi connectivity index (χ3n) is 5.24. The Hall–Kier alpha value is -3.52. The molecule has 3 heterocycles. The van der Waals surface area contributed by atoms with Crippen molar-refractivity contribution in [3.63, 3.8) is 0 Å². The molecule has 1 amide bonds. The van der Waals surface area contributed by atoms with Gasteiger partial charge in [0.25, 0.3) is 5.78 Å². The van der Waals surface area contributed by atoms with Crippen LogP contribution in [0, 0.1) is 6.92 Å². The number of fused-ring (bicyclic) bond motifs is 6. The van der Waals surface area contributed by atoms with Crippen LogP contribution in [-0.2, 0) is 17.8 Å². The smallest absolute Gasteiger partial charge is 0.258 e. The molecule has 0 atom stereocenters. The van der Waals surface area contributed by atoms with Crippen LogP contribution in [0.4, 0.5) is 0 Å². The molecule has 3 aromatic heterocycles. The summed E-state index contributed by atoms with van der Waals surface area (Å²) in [6, 6.07) is 15.5. The average Bonchev–Trinajstić information content (AvgIpc) is 3.37. The highest BCUT2D eigenvalue weighted by molar-refractivity contribution is 6.31. The Bertz CT molecular complexity index is 1420. The first-order chi connectivity index (χ1) is 15.1. The molecule has 31 heavy (non-hydrogen) atoms. The number of aryl methyl sites for hydroxylation is 2. The van der Waals surface area contributed by atoms with Crippen molar-refractivity contribution in [1.29, 1.82) is 0 Å². The highest BCUT2D eigenvalue weighted by Gasteiger charge is 2.16. The molecule has 156 valence electrons. The van der Waals surface area contributed by atoms with Crippen LogP contribution in [0.1, 0.15) is 30.1 Å². The largest absolute Gasteiger partial charge is 0.352 e. The Morgan fingerprint density at radius 3 is 2.77 bits per heavy atom. The maximum absolute atomic E-state index is 12.3. The van der Waals surface area contributed by atoms with Gasteiger partial charge in [0.15, 0.2) is 5.65 Å². The molecule has 0 bridgehead atoms. The number of amides is 1. The first-order valence-electron chi connectivity index (χ1n) is 10.1. The summed E-state index contributed by atoms with van der Waals surface area (Å²) in [5.41, 5.74) is 2.64. The van der Waals surface area contributed by atoms with Crippen LogP contribution in [0.15, 0.2) is 48.5 Å². The van der Waals surface area contributed by atoms with Crippen molar-refractivity contribution < 1.29 is 4.79 Å². The summed E-state index contributed by atoms with van der Waals surface area (Å²) < 4.78 is 3.72. The minimum atomic E-state index is -0.0205. The molecule has 9 heteroatoms. The molecule has 1 N–H and O–H groups in total. The van der Waals surface area contributed by atoms with Crippen molar-refractivity contribution in [3.05, 3.63) is 70.8 Å². The van der Waals surface area contributed by atoms with Crippen molar-refractivity contribution in [2.45, 2.75) is 32.7 Å². The number of rotatable bonds is 6. The van der Waals surface area contributed by atoms with E-state index >= 15 is 0 Å². The molecule has 0 radical (unpaired) electrons. The predicted octanol–water partition coefficient (Wildman–Crippen LogP) is 3.53. The molecule has 0 unspecified atom stereocenters. The molecular formula is C22H20ClN7O. The Kier molecular flexibility index (Phi) is 4.99. The minimum absolute atomic E-state index is 0.0205. The van der Waals surface area contributed by atoms with Crippen LogP contribution >= 0.6 is 11.6 Å². The number of aromatic nitrogens is 6. The summed E-state index contributed by atoms with van der Waals surface area (Å²) in [6.45, 7) is 2.28. The number of nitrogens with one attached hydrogen (secondary N) is 1. The van der Waals surface area contributed by atoms with Gasteiger partial charge in [0.2, 0.25) is 5.91 Å². The fourth-order valence-electron chi connectivity index (χ4n) is 3.77. The van der Waals surface area contributed by atoms with E-state index in [1.54, 1.807) is 4.52 Å². The van der Waals surface area contributed by atoms with E-state index in [1.165, 1.54) is 0 Å². The van der Waals surface area contributed by atoms with E-state index < -0.39 is 0 Å². The van der Waals surface area contributed by atoms with Gasteiger partial charge < -0.3 is 5.32 Å². The van der Waals surface area contributed by atoms with Gasteiger partial charge in [-0.2, -0.15) is 4.52 Å². The van der Waals surface area contributed by atoms with Crippen LogP contribution in [0.3, 0.4) is 0 Å². The lowest BCUT2D eigenvalue weighted by Gasteiger charge is -2.08. The molecule has 0 aliphatic rings. The van der Waals surface area contributed by atoms with E-state index in [-0.39, 0.29) is 5.91 Å². The number of nitrogens with zero attached hydrogens (tertiary/aromatic N) is 6. The molecular weight excluding hydrogens is 414 g/mol. The monoisotopic (exact) mass is 433 g/mol. The number of para-hydroxylation sites is 1. The first-order valence-corrected chi connectivity index (χ1v) is 10.5. The van der Waals surface area contributed by atoms with E-state index in [9.17, 15) is 4.79 Å². The quantitative estimate of drug-likeness (QED) is 0.442. The van der Waals surface area contributed by atoms with Gasteiger partial charge in [-0.15, -0.1) is 15.3 Å². The van der Waals surface area contributed by atoms with Crippen LogP contribution in [0.5, 0.6) is 0 Å². The summed E-state index contributed by atoms with van der Waals surface area (Å²) in [5.74, 6) is 2.07. The Labute approximate surface area is 182 Å². The van der Waals surface area contributed by atoms with Crippen LogP contribution < -0.4 is 5.32 Å². The zero-order valence-corrected chi connectivity index (χ0v) is 17.7. The second-order valence-corrected chi connectivity index (χ2v) is 7.79. The number of hydrogen-bond donors (Lipinski definition) is 1. The van der Waals surface area contributed by atoms with E-state index in [0.29, 0.717) is 42.4 Å². The van der Waals surface area contributed by atoms with Gasteiger partial charge >= 0.3 is 0 Å². The summed E-state index contributed by atoms with van der Waals surface area (Å²) >= 11 is 6.14.